The summed E-state index contributed by atoms with van der Waals surface area (Å²) >= 11 is 0. The second-order valence-electron chi connectivity index (χ2n) is 13.8. The largest absolute Gasteiger partial charge is 0.493 e. The zero-order valence-electron chi connectivity index (χ0n) is 27.4. The molecule has 0 saturated carbocycles. The molecule has 46 heavy (non-hydrogen) atoms. The highest BCUT2D eigenvalue weighted by molar-refractivity contribution is 5.52. The molecule has 0 radical (unpaired) electrons. The van der Waals surface area contributed by atoms with Crippen molar-refractivity contribution >= 4 is 0 Å². The van der Waals surface area contributed by atoms with Gasteiger partial charge in [0.1, 0.15) is 24.2 Å². The summed E-state index contributed by atoms with van der Waals surface area (Å²) in [6.45, 7) is 10.8. The maximum atomic E-state index is 6.02. The molecule has 0 aliphatic carbocycles. The number of hydrogen-bond acceptors (Lipinski definition) is 5. The molecule has 0 aromatic heterocycles. The van der Waals surface area contributed by atoms with Gasteiger partial charge in [0.05, 0.1) is 38.6 Å². The van der Waals surface area contributed by atoms with Gasteiger partial charge in [-0.3, -0.25) is 0 Å². The number of rotatable bonds is 16. The third-order valence-corrected chi connectivity index (χ3v) is 10.1. The third kappa shape index (κ3) is 7.33. The lowest BCUT2D eigenvalue weighted by molar-refractivity contribution is 0.263. The monoisotopic (exact) mass is 618 g/mol. The Labute approximate surface area is 273 Å². The van der Waals surface area contributed by atoms with Crippen LogP contribution in [0.2, 0.25) is 0 Å². The van der Waals surface area contributed by atoms with Crippen LogP contribution >= 0.6 is 0 Å². The zero-order valence-corrected chi connectivity index (χ0v) is 27.4. The molecular weight excluding hydrogens is 572 g/mol. The van der Waals surface area contributed by atoms with Gasteiger partial charge < -0.3 is 23.7 Å². The Balaban J connectivity index is 1.12. The Morgan fingerprint density at radius 3 is 1.50 bits per heavy atom. The number of hydrogen-bond donors (Lipinski definition) is 0. The second kappa shape index (κ2) is 13.2. The van der Waals surface area contributed by atoms with Gasteiger partial charge in [0.15, 0.2) is 0 Å². The lowest BCUT2D eigenvalue weighted by Gasteiger charge is -2.33. The standard InChI is InChI=1S/C41H46O5/c1-40(2,30-9-7-29(8-10-30)5-4-6-37-25-44-37)31-11-13-32(14-12-31)41(3,34-17-21-36(22-18-34)43-27-39-28-46-39)33-15-19-35(20-16-33)42-24-23-38-26-45-38/h7-22,37-39H,4-6,23-28H2,1-3H3. The molecule has 3 aliphatic heterocycles. The van der Waals surface area contributed by atoms with Gasteiger partial charge in [-0.15, -0.1) is 0 Å². The molecule has 3 fully saturated rings. The summed E-state index contributed by atoms with van der Waals surface area (Å²) in [6, 6.07) is 35.6. The lowest BCUT2D eigenvalue weighted by Crippen LogP contribution is -2.26. The predicted molar refractivity (Wildman–Crippen MR) is 181 cm³/mol. The van der Waals surface area contributed by atoms with Gasteiger partial charge in [-0.05, 0) is 83.8 Å². The number of benzene rings is 4. The van der Waals surface area contributed by atoms with E-state index in [1.165, 1.54) is 46.2 Å². The van der Waals surface area contributed by atoms with E-state index in [-0.39, 0.29) is 16.9 Å². The minimum absolute atomic E-state index is 0.121. The normalized spacial score (nSPS) is 21.3. The minimum atomic E-state index is -0.381. The van der Waals surface area contributed by atoms with E-state index in [1.54, 1.807) is 0 Å². The van der Waals surface area contributed by atoms with Gasteiger partial charge in [0.2, 0.25) is 0 Å². The van der Waals surface area contributed by atoms with Gasteiger partial charge in [-0.1, -0.05) is 86.6 Å². The van der Waals surface area contributed by atoms with Crippen LogP contribution in [-0.4, -0.2) is 51.3 Å². The summed E-state index contributed by atoms with van der Waals surface area (Å²) in [5.41, 5.74) is 7.18. The Bertz CT molecular complexity index is 1560. The molecule has 5 nitrogen and oxygen atoms in total. The summed E-state index contributed by atoms with van der Waals surface area (Å²) in [6.07, 6.45) is 5.51. The first-order valence-electron chi connectivity index (χ1n) is 16.9. The third-order valence-electron chi connectivity index (χ3n) is 10.1. The molecule has 4 atom stereocenters. The van der Waals surface area contributed by atoms with Crippen LogP contribution in [0.25, 0.3) is 0 Å². The van der Waals surface area contributed by atoms with E-state index < -0.39 is 0 Å². The fraction of sp³-hybridized carbons (Fsp3) is 0.415. The van der Waals surface area contributed by atoms with Crippen molar-refractivity contribution in [3.05, 3.63) is 130 Å². The summed E-state index contributed by atoms with van der Waals surface area (Å²) < 4.78 is 28.0. The van der Waals surface area contributed by atoms with Gasteiger partial charge in [0.25, 0.3) is 0 Å². The highest BCUT2D eigenvalue weighted by Gasteiger charge is 2.33. The quantitative estimate of drug-likeness (QED) is 0.0940. The van der Waals surface area contributed by atoms with E-state index in [1.807, 2.05) is 0 Å². The lowest BCUT2D eigenvalue weighted by atomic mass is 9.70. The Morgan fingerprint density at radius 1 is 0.543 bits per heavy atom. The molecule has 0 spiro atoms. The molecule has 3 saturated heterocycles. The number of epoxide rings is 3. The van der Waals surface area contributed by atoms with Crippen molar-refractivity contribution in [1.82, 2.24) is 0 Å². The molecule has 7 rings (SSSR count). The molecule has 5 heteroatoms. The van der Waals surface area contributed by atoms with Crippen molar-refractivity contribution in [3.63, 3.8) is 0 Å². The average molecular weight is 619 g/mol. The molecule has 3 aliphatic rings. The summed E-state index contributed by atoms with van der Waals surface area (Å²) in [4.78, 5) is 0. The molecule has 4 unspecified atom stereocenters. The Hall–Kier alpha value is -3.64. The predicted octanol–water partition coefficient (Wildman–Crippen LogP) is 8.03. The molecule has 0 bridgehead atoms. The van der Waals surface area contributed by atoms with E-state index in [0.29, 0.717) is 25.4 Å². The smallest absolute Gasteiger partial charge is 0.119 e. The van der Waals surface area contributed by atoms with Crippen LogP contribution in [0.1, 0.15) is 73.4 Å². The highest BCUT2D eigenvalue weighted by Crippen LogP contribution is 2.41. The fourth-order valence-electron chi connectivity index (χ4n) is 6.41. The van der Waals surface area contributed by atoms with Crippen molar-refractivity contribution in [1.29, 1.82) is 0 Å². The highest BCUT2D eigenvalue weighted by atomic mass is 16.6. The van der Waals surface area contributed by atoms with Crippen molar-refractivity contribution in [2.45, 2.75) is 75.6 Å². The van der Waals surface area contributed by atoms with Crippen LogP contribution in [0.3, 0.4) is 0 Å². The number of aryl methyl sites for hydroxylation is 1. The van der Waals surface area contributed by atoms with Crippen LogP contribution in [0.15, 0.2) is 97.1 Å². The maximum Gasteiger partial charge on any atom is 0.119 e. The maximum absolute atomic E-state index is 6.02. The molecule has 240 valence electrons. The van der Waals surface area contributed by atoms with Gasteiger partial charge >= 0.3 is 0 Å². The number of ether oxygens (including phenoxy) is 5. The zero-order chi connectivity index (χ0) is 31.6. The van der Waals surface area contributed by atoms with Gasteiger partial charge in [0, 0.05) is 17.3 Å². The summed E-state index contributed by atoms with van der Waals surface area (Å²) in [5, 5.41) is 0. The van der Waals surface area contributed by atoms with Crippen LogP contribution in [0, 0.1) is 0 Å². The van der Waals surface area contributed by atoms with Crippen molar-refractivity contribution in [2.75, 3.05) is 33.0 Å². The fourth-order valence-corrected chi connectivity index (χ4v) is 6.41. The molecule has 0 amide bonds. The molecule has 4 aromatic rings. The summed E-state index contributed by atoms with van der Waals surface area (Å²) in [7, 11) is 0. The van der Waals surface area contributed by atoms with E-state index >= 15 is 0 Å². The van der Waals surface area contributed by atoms with Crippen LogP contribution < -0.4 is 9.47 Å². The van der Waals surface area contributed by atoms with Crippen molar-refractivity contribution in [2.24, 2.45) is 0 Å². The molecular formula is C41H46O5. The van der Waals surface area contributed by atoms with E-state index in [9.17, 15) is 0 Å². The van der Waals surface area contributed by atoms with E-state index in [0.717, 1.165) is 44.2 Å². The SMILES string of the molecule is CC(C)(c1ccc(CCCC2CO2)cc1)c1ccc(C(C)(c2ccc(OCCC3CO3)cc2)c2ccc(OCC3CO3)cc2)cc1. The van der Waals surface area contributed by atoms with E-state index in [4.69, 9.17) is 23.7 Å². The van der Waals surface area contributed by atoms with Crippen molar-refractivity contribution in [3.8, 4) is 11.5 Å². The van der Waals surface area contributed by atoms with Crippen molar-refractivity contribution < 1.29 is 23.7 Å². The first kappa shape index (κ1) is 31.0. The topological polar surface area (TPSA) is 56.0 Å². The van der Waals surface area contributed by atoms with Gasteiger partial charge in [-0.2, -0.15) is 0 Å². The Kier molecular flexibility index (Phi) is 8.91. The second-order valence-corrected chi connectivity index (χ2v) is 13.8. The van der Waals surface area contributed by atoms with Crippen LogP contribution in [0.5, 0.6) is 11.5 Å². The molecule has 4 aromatic carbocycles. The minimum Gasteiger partial charge on any atom is -0.493 e. The first-order valence-corrected chi connectivity index (χ1v) is 16.9. The van der Waals surface area contributed by atoms with Crippen LogP contribution in [0.4, 0.5) is 0 Å². The summed E-state index contributed by atoms with van der Waals surface area (Å²) in [5.74, 6) is 1.75. The Morgan fingerprint density at radius 2 is 0.978 bits per heavy atom. The van der Waals surface area contributed by atoms with E-state index in [2.05, 4.69) is 118 Å². The molecule has 0 N–H and O–H groups in total. The first-order chi connectivity index (χ1) is 22.4. The average Bonchev–Trinajstić information content (AvgIpc) is 3.92. The van der Waals surface area contributed by atoms with Crippen LogP contribution in [-0.2, 0) is 31.5 Å². The van der Waals surface area contributed by atoms with Gasteiger partial charge in [-0.25, -0.2) is 0 Å². The molecule has 3 heterocycles.